The molecule has 10 nitrogen and oxygen atoms in total. The third-order valence-electron chi connectivity index (χ3n) is 9.82. The Morgan fingerprint density at radius 3 is 2.53 bits per heavy atom. The fraction of sp³-hybridized carbons (Fsp3) is 0.622. The van der Waals surface area contributed by atoms with E-state index in [1.54, 1.807) is 24.0 Å². The van der Waals surface area contributed by atoms with E-state index in [-0.39, 0.29) is 36.7 Å². The predicted octanol–water partition coefficient (Wildman–Crippen LogP) is 4.34. The molecular formula is C37H53N3O7. The van der Waals surface area contributed by atoms with E-state index >= 15 is 0 Å². The van der Waals surface area contributed by atoms with Gasteiger partial charge < -0.3 is 29.7 Å². The van der Waals surface area contributed by atoms with Crippen LogP contribution in [0.25, 0.3) is 0 Å². The number of aliphatic hydroxyl groups is 1. The molecule has 2 N–H and O–H groups in total. The summed E-state index contributed by atoms with van der Waals surface area (Å²) in [4.78, 5) is 59.2. The van der Waals surface area contributed by atoms with E-state index in [0.717, 1.165) is 12.8 Å². The lowest BCUT2D eigenvalue weighted by Gasteiger charge is -2.39. The van der Waals surface area contributed by atoms with Gasteiger partial charge in [-0.15, -0.1) is 13.2 Å². The number of unbranched alkanes of at least 4 members (excludes halogenated alkanes) is 1. The Labute approximate surface area is 279 Å². The number of nitrogens with one attached hydrogen (secondary N) is 1. The van der Waals surface area contributed by atoms with Crippen LogP contribution in [0.1, 0.15) is 84.3 Å². The number of ether oxygens (including phenoxy) is 2. The van der Waals surface area contributed by atoms with Gasteiger partial charge in [0.25, 0.3) is 0 Å². The van der Waals surface area contributed by atoms with Crippen LogP contribution in [0.15, 0.2) is 55.6 Å². The van der Waals surface area contributed by atoms with Gasteiger partial charge in [0.05, 0.1) is 36.6 Å². The first kappa shape index (κ1) is 36.3. The molecule has 8 atom stereocenters. The second kappa shape index (κ2) is 16.1. The minimum absolute atomic E-state index is 0.144. The van der Waals surface area contributed by atoms with Crippen LogP contribution in [0.5, 0.6) is 0 Å². The molecule has 2 bridgehead atoms. The Bertz CT molecular complexity index is 1290. The second-order valence-electron chi connectivity index (χ2n) is 13.6. The van der Waals surface area contributed by atoms with Crippen LogP contribution >= 0.6 is 0 Å². The van der Waals surface area contributed by atoms with Crippen LogP contribution in [-0.4, -0.2) is 88.1 Å². The lowest BCUT2D eigenvalue weighted by atomic mass is 9.70. The van der Waals surface area contributed by atoms with E-state index in [4.69, 9.17) is 9.47 Å². The number of hydrogen-bond acceptors (Lipinski definition) is 7. The molecule has 1 spiro atoms. The van der Waals surface area contributed by atoms with E-state index in [0.29, 0.717) is 44.3 Å². The maximum absolute atomic E-state index is 14.6. The predicted molar refractivity (Wildman–Crippen MR) is 179 cm³/mol. The smallest absolute Gasteiger partial charge is 0.313 e. The van der Waals surface area contributed by atoms with Crippen LogP contribution in [0.3, 0.4) is 0 Å². The van der Waals surface area contributed by atoms with Crippen LogP contribution in [0.2, 0.25) is 0 Å². The van der Waals surface area contributed by atoms with E-state index in [1.807, 2.05) is 44.2 Å². The summed E-state index contributed by atoms with van der Waals surface area (Å²) in [6, 6.07) is 7.04. The lowest BCUT2D eigenvalue weighted by molar-refractivity contribution is -0.162. The van der Waals surface area contributed by atoms with Gasteiger partial charge >= 0.3 is 5.97 Å². The molecule has 3 heterocycles. The number of benzene rings is 1. The van der Waals surface area contributed by atoms with E-state index in [9.17, 15) is 24.3 Å². The van der Waals surface area contributed by atoms with Crippen LogP contribution in [0, 0.1) is 17.8 Å². The summed E-state index contributed by atoms with van der Waals surface area (Å²) in [5, 5.41) is 13.5. The number of hydrogen-bond donors (Lipinski definition) is 2. The highest BCUT2D eigenvalue weighted by atomic mass is 16.6. The normalized spacial score (nSPS) is 26.4. The Kier molecular flexibility index (Phi) is 12.4. The summed E-state index contributed by atoms with van der Waals surface area (Å²) < 4.78 is 12.9. The molecule has 0 saturated carbocycles. The molecule has 0 radical (unpaired) electrons. The minimum atomic E-state index is -1.22. The fourth-order valence-electron chi connectivity index (χ4n) is 7.76. The number of esters is 1. The molecule has 0 aliphatic carbocycles. The quantitative estimate of drug-likeness (QED) is 0.179. The van der Waals surface area contributed by atoms with Crippen molar-refractivity contribution in [3.8, 4) is 0 Å². The van der Waals surface area contributed by atoms with Gasteiger partial charge in [0.15, 0.2) is 0 Å². The Morgan fingerprint density at radius 1 is 1.19 bits per heavy atom. The highest BCUT2D eigenvalue weighted by Gasteiger charge is 2.75. The summed E-state index contributed by atoms with van der Waals surface area (Å²) >= 11 is 0. The van der Waals surface area contributed by atoms with Crippen LogP contribution in [-0.2, 0) is 28.7 Å². The number of nitrogens with zero attached hydrogens (tertiary/aromatic N) is 2. The number of allylic oxidation sites excluding steroid dienone is 1. The van der Waals surface area contributed by atoms with Crippen molar-refractivity contribution in [3.63, 3.8) is 0 Å². The SMILES string of the molecule is C=CCCC(=O)N[C@H](C)[C@@H](OC(=O)[C@@H]1[C@H]2C(=O)N([C@@H](CO)CC(C)C)[C@H](C(=O)N(CC=C)CCCC)[C@]23CC[C@H]1O3)c1ccccc1. The largest absolute Gasteiger partial charge is 0.455 e. The first-order valence-electron chi connectivity index (χ1n) is 17.2. The summed E-state index contributed by atoms with van der Waals surface area (Å²) in [5.74, 6) is -3.12. The summed E-state index contributed by atoms with van der Waals surface area (Å²) in [6.07, 6.45) is 5.81. The molecule has 3 aliphatic heterocycles. The first-order valence-corrected chi connectivity index (χ1v) is 17.2. The summed E-state index contributed by atoms with van der Waals surface area (Å²) in [7, 11) is 0. The number of carbonyl (C=O) groups excluding carboxylic acids is 4. The van der Waals surface area contributed by atoms with Gasteiger partial charge in [-0.25, -0.2) is 0 Å². The summed E-state index contributed by atoms with van der Waals surface area (Å²) in [5.41, 5.74) is -0.512. The molecule has 1 aromatic rings. The number of fused-ring (bicyclic) bond motifs is 1. The average molecular weight is 652 g/mol. The Morgan fingerprint density at radius 2 is 1.91 bits per heavy atom. The van der Waals surface area contributed by atoms with Crippen molar-refractivity contribution in [3.05, 3.63) is 61.2 Å². The third-order valence-corrected chi connectivity index (χ3v) is 9.82. The third kappa shape index (κ3) is 7.49. The molecule has 3 amide bonds. The molecule has 3 fully saturated rings. The minimum Gasteiger partial charge on any atom is -0.455 e. The highest BCUT2D eigenvalue weighted by molar-refractivity contribution is 5.98. The van der Waals surface area contributed by atoms with Crippen molar-refractivity contribution in [2.45, 2.75) is 109 Å². The monoisotopic (exact) mass is 651 g/mol. The molecule has 3 aliphatic rings. The average Bonchev–Trinajstić information content (AvgIpc) is 3.70. The van der Waals surface area contributed by atoms with Gasteiger partial charge in [0.1, 0.15) is 17.7 Å². The standard InChI is InChI=1S/C37H53N3O7/c1-7-10-17-29(42)38-25(6)32(26-15-13-12-14-16-26)46-36(45)30-28-18-19-37(47-28)31(30)34(43)40(27(23-41)22-24(4)5)33(37)35(44)39(20-9-3)21-11-8-2/h7,9,12-16,24-25,27-28,30-33,41H,1,3,8,10-11,17-23H2,2,4-6H3,(H,38,42)/t25-,27-,28-,30+,31+,32-,33-,37+/m1/s1. The molecule has 0 unspecified atom stereocenters. The lowest BCUT2D eigenvalue weighted by Crippen LogP contribution is -2.59. The van der Waals surface area contributed by atoms with Crippen molar-refractivity contribution in [2.24, 2.45) is 17.8 Å². The zero-order valence-electron chi connectivity index (χ0n) is 28.4. The maximum Gasteiger partial charge on any atom is 0.313 e. The molecule has 0 aromatic heterocycles. The topological polar surface area (TPSA) is 125 Å². The van der Waals surface area contributed by atoms with Gasteiger partial charge in [-0.3, -0.25) is 19.2 Å². The molecule has 4 rings (SSSR count). The van der Waals surface area contributed by atoms with Gasteiger partial charge in [0.2, 0.25) is 17.7 Å². The number of likely N-dealkylation sites (tertiary alicyclic amines) is 1. The zero-order valence-corrected chi connectivity index (χ0v) is 28.4. The number of amides is 3. The molecular weight excluding hydrogens is 598 g/mol. The number of rotatable bonds is 18. The van der Waals surface area contributed by atoms with E-state index < -0.39 is 53.7 Å². The number of aliphatic hydroxyl groups excluding tert-OH is 1. The molecule has 1 aromatic carbocycles. The number of carbonyl (C=O) groups is 4. The molecule has 258 valence electrons. The van der Waals surface area contributed by atoms with Gasteiger partial charge in [-0.1, -0.05) is 69.7 Å². The van der Waals surface area contributed by atoms with Crippen LogP contribution < -0.4 is 5.32 Å². The van der Waals surface area contributed by atoms with Crippen molar-refractivity contribution in [2.75, 3.05) is 19.7 Å². The van der Waals surface area contributed by atoms with Gasteiger partial charge in [-0.2, -0.15) is 0 Å². The van der Waals surface area contributed by atoms with Gasteiger partial charge in [-0.05, 0) is 50.5 Å². The molecule has 3 saturated heterocycles. The zero-order chi connectivity index (χ0) is 34.3. The Hall–Kier alpha value is -3.50. The first-order chi connectivity index (χ1) is 22.5. The fourth-order valence-corrected chi connectivity index (χ4v) is 7.76. The van der Waals surface area contributed by atoms with E-state index in [1.165, 1.54) is 4.90 Å². The van der Waals surface area contributed by atoms with Crippen LogP contribution in [0.4, 0.5) is 0 Å². The second-order valence-corrected chi connectivity index (χ2v) is 13.6. The molecule has 10 heteroatoms. The van der Waals surface area contributed by atoms with Crippen molar-refractivity contribution in [1.29, 1.82) is 0 Å². The van der Waals surface area contributed by atoms with Crippen molar-refractivity contribution < 1.29 is 33.8 Å². The van der Waals surface area contributed by atoms with Crippen molar-refractivity contribution >= 4 is 23.7 Å². The Balaban J connectivity index is 1.70. The molecule has 47 heavy (non-hydrogen) atoms. The summed E-state index contributed by atoms with van der Waals surface area (Å²) in [6.45, 7) is 15.9. The van der Waals surface area contributed by atoms with Crippen molar-refractivity contribution in [1.82, 2.24) is 15.1 Å². The highest BCUT2D eigenvalue weighted by Crippen LogP contribution is 2.59. The maximum atomic E-state index is 14.6. The van der Waals surface area contributed by atoms with Gasteiger partial charge in [0, 0.05) is 19.5 Å². The van der Waals surface area contributed by atoms with E-state index in [2.05, 4.69) is 25.4 Å².